The van der Waals surface area contributed by atoms with E-state index in [1.54, 1.807) is 26.8 Å². The minimum atomic E-state index is -1.05. The second kappa shape index (κ2) is 6.41. The molecule has 1 aromatic rings. The van der Waals surface area contributed by atoms with E-state index in [4.69, 9.17) is 9.84 Å². The molecule has 0 aliphatic rings. The molecule has 2 N–H and O–H groups in total. The summed E-state index contributed by atoms with van der Waals surface area (Å²) < 4.78 is 5.39. The van der Waals surface area contributed by atoms with Crippen LogP contribution in [0.1, 0.15) is 26.3 Å². The Labute approximate surface area is 118 Å². The third-order valence-electron chi connectivity index (χ3n) is 2.87. The van der Waals surface area contributed by atoms with Crippen molar-refractivity contribution in [3.8, 4) is 5.75 Å². The molecule has 5 nitrogen and oxygen atoms in total. The fraction of sp³-hybridized carbons (Fsp3) is 0.467. The average molecular weight is 279 g/mol. The van der Waals surface area contributed by atoms with Crippen molar-refractivity contribution in [1.29, 1.82) is 0 Å². The van der Waals surface area contributed by atoms with Crippen molar-refractivity contribution in [2.24, 2.45) is 5.41 Å². The topological polar surface area (TPSA) is 75.6 Å². The van der Waals surface area contributed by atoms with Gasteiger partial charge >= 0.3 is 5.97 Å². The van der Waals surface area contributed by atoms with E-state index in [9.17, 15) is 9.59 Å². The molecule has 110 valence electrons. The van der Waals surface area contributed by atoms with Crippen LogP contribution in [0.15, 0.2) is 24.3 Å². The summed E-state index contributed by atoms with van der Waals surface area (Å²) in [6, 6.07) is 6.39. The van der Waals surface area contributed by atoms with E-state index >= 15 is 0 Å². The van der Waals surface area contributed by atoms with Gasteiger partial charge in [-0.2, -0.15) is 0 Å². The van der Waals surface area contributed by atoms with Gasteiger partial charge in [0.15, 0.2) is 6.61 Å². The van der Waals surface area contributed by atoms with E-state index in [0.29, 0.717) is 5.75 Å². The first-order valence-electron chi connectivity index (χ1n) is 6.42. The first-order chi connectivity index (χ1) is 9.21. The fourth-order valence-electron chi connectivity index (χ4n) is 1.71. The second-order valence-corrected chi connectivity index (χ2v) is 5.76. The highest BCUT2D eigenvalue weighted by atomic mass is 16.5. The molecule has 0 aliphatic heterocycles. The predicted molar refractivity (Wildman–Crippen MR) is 75.7 cm³/mol. The van der Waals surface area contributed by atoms with Crippen LogP contribution < -0.4 is 10.1 Å². The molecule has 0 aromatic heterocycles. The van der Waals surface area contributed by atoms with Crippen molar-refractivity contribution in [1.82, 2.24) is 5.32 Å². The van der Waals surface area contributed by atoms with Crippen molar-refractivity contribution >= 4 is 11.9 Å². The lowest BCUT2D eigenvalue weighted by atomic mass is 9.87. The van der Waals surface area contributed by atoms with Gasteiger partial charge in [-0.15, -0.1) is 0 Å². The van der Waals surface area contributed by atoms with Crippen LogP contribution in [0.3, 0.4) is 0 Å². The second-order valence-electron chi connectivity index (χ2n) is 5.76. The number of rotatable bonds is 5. The molecule has 1 atom stereocenters. The van der Waals surface area contributed by atoms with Crippen LogP contribution in [0.25, 0.3) is 0 Å². The highest BCUT2D eigenvalue weighted by Crippen LogP contribution is 2.19. The standard InChI is InChI=1S/C15H21NO4/c1-10-7-5-6-8-11(10)20-9-12(17)16-13(14(18)19)15(2,3)4/h5-8,13H,9H2,1-4H3,(H,16,17)(H,18,19)/t13-/m1/s1. The van der Waals surface area contributed by atoms with Crippen molar-refractivity contribution in [2.45, 2.75) is 33.7 Å². The normalized spacial score (nSPS) is 12.6. The third-order valence-corrected chi connectivity index (χ3v) is 2.87. The molecular formula is C15H21NO4. The number of benzene rings is 1. The minimum absolute atomic E-state index is 0.204. The number of aliphatic carboxylic acids is 1. The number of ether oxygens (including phenoxy) is 1. The number of carbonyl (C=O) groups excluding carboxylic acids is 1. The summed E-state index contributed by atoms with van der Waals surface area (Å²) in [5.74, 6) is -0.886. The smallest absolute Gasteiger partial charge is 0.326 e. The van der Waals surface area contributed by atoms with Crippen molar-refractivity contribution < 1.29 is 19.4 Å². The van der Waals surface area contributed by atoms with Gasteiger partial charge in [0.05, 0.1) is 0 Å². The van der Waals surface area contributed by atoms with Crippen LogP contribution in [-0.4, -0.2) is 29.6 Å². The first kappa shape index (κ1) is 16.0. The van der Waals surface area contributed by atoms with Crippen LogP contribution in [0.4, 0.5) is 0 Å². The van der Waals surface area contributed by atoms with Crippen LogP contribution in [0.5, 0.6) is 5.75 Å². The Hall–Kier alpha value is -2.04. The summed E-state index contributed by atoms with van der Waals surface area (Å²) in [7, 11) is 0. The molecule has 0 fully saturated rings. The van der Waals surface area contributed by atoms with Crippen molar-refractivity contribution in [3.05, 3.63) is 29.8 Å². The molecule has 0 spiro atoms. The molecular weight excluding hydrogens is 258 g/mol. The summed E-state index contributed by atoms with van der Waals surface area (Å²) in [6.45, 7) is 6.95. The number of hydrogen-bond acceptors (Lipinski definition) is 3. The Morgan fingerprint density at radius 3 is 2.40 bits per heavy atom. The molecule has 1 rings (SSSR count). The van der Waals surface area contributed by atoms with Crippen LogP contribution in [0.2, 0.25) is 0 Å². The molecule has 0 unspecified atom stereocenters. The lowest BCUT2D eigenvalue weighted by Crippen LogP contribution is -2.50. The van der Waals surface area contributed by atoms with Gasteiger partial charge in [-0.3, -0.25) is 4.79 Å². The van der Waals surface area contributed by atoms with Gasteiger partial charge in [-0.05, 0) is 24.0 Å². The molecule has 0 radical (unpaired) electrons. The zero-order valence-corrected chi connectivity index (χ0v) is 12.3. The van der Waals surface area contributed by atoms with E-state index in [-0.39, 0.29) is 6.61 Å². The van der Waals surface area contributed by atoms with Crippen LogP contribution in [-0.2, 0) is 9.59 Å². The van der Waals surface area contributed by atoms with Crippen LogP contribution >= 0.6 is 0 Å². The Kier molecular flexibility index (Phi) is 5.13. The maximum atomic E-state index is 11.8. The monoisotopic (exact) mass is 279 g/mol. The lowest BCUT2D eigenvalue weighted by Gasteiger charge is -2.27. The van der Waals surface area contributed by atoms with Gasteiger partial charge in [-0.1, -0.05) is 39.0 Å². The van der Waals surface area contributed by atoms with Gasteiger partial charge in [0.25, 0.3) is 5.91 Å². The van der Waals surface area contributed by atoms with Gasteiger partial charge < -0.3 is 15.2 Å². The Bertz CT molecular complexity index is 491. The molecule has 20 heavy (non-hydrogen) atoms. The molecule has 0 saturated carbocycles. The van der Waals surface area contributed by atoms with E-state index in [1.807, 2.05) is 25.1 Å². The van der Waals surface area contributed by atoms with E-state index < -0.39 is 23.3 Å². The number of para-hydroxylation sites is 1. The zero-order chi connectivity index (χ0) is 15.3. The summed E-state index contributed by atoms with van der Waals surface area (Å²) >= 11 is 0. The van der Waals surface area contributed by atoms with E-state index in [2.05, 4.69) is 5.32 Å². The SMILES string of the molecule is Cc1ccccc1OCC(=O)N[C@H](C(=O)O)C(C)(C)C. The van der Waals surface area contributed by atoms with Gasteiger partial charge in [-0.25, -0.2) is 4.79 Å². The Morgan fingerprint density at radius 2 is 1.90 bits per heavy atom. The predicted octanol–water partition coefficient (Wildman–Crippen LogP) is 1.99. The first-order valence-corrected chi connectivity index (χ1v) is 6.42. The summed E-state index contributed by atoms with van der Waals surface area (Å²) in [5, 5.41) is 11.6. The maximum absolute atomic E-state index is 11.8. The molecule has 0 bridgehead atoms. The van der Waals surface area contributed by atoms with Crippen LogP contribution in [0, 0.1) is 12.3 Å². The Balaban J connectivity index is 2.60. The average Bonchev–Trinajstić information content (AvgIpc) is 2.33. The summed E-state index contributed by atoms with van der Waals surface area (Å²) in [5.41, 5.74) is 0.357. The lowest BCUT2D eigenvalue weighted by molar-refractivity contribution is -0.145. The molecule has 1 amide bonds. The van der Waals surface area contributed by atoms with Gasteiger partial charge in [0.2, 0.25) is 0 Å². The van der Waals surface area contributed by atoms with E-state index in [1.165, 1.54) is 0 Å². The van der Waals surface area contributed by atoms with Crippen molar-refractivity contribution in [3.63, 3.8) is 0 Å². The minimum Gasteiger partial charge on any atom is -0.484 e. The number of carboxylic acids is 1. The number of hydrogen-bond donors (Lipinski definition) is 2. The summed E-state index contributed by atoms with van der Waals surface area (Å²) in [4.78, 5) is 22.9. The number of aryl methyl sites for hydroxylation is 1. The quantitative estimate of drug-likeness (QED) is 0.864. The fourth-order valence-corrected chi connectivity index (χ4v) is 1.71. The molecule has 0 heterocycles. The van der Waals surface area contributed by atoms with Gasteiger partial charge in [0.1, 0.15) is 11.8 Å². The molecule has 0 saturated heterocycles. The number of nitrogens with one attached hydrogen (secondary N) is 1. The molecule has 1 aromatic carbocycles. The van der Waals surface area contributed by atoms with E-state index in [0.717, 1.165) is 5.56 Å². The molecule has 5 heteroatoms. The zero-order valence-electron chi connectivity index (χ0n) is 12.3. The van der Waals surface area contributed by atoms with Crippen molar-refractivity contribution in [2.75, 3.05) is 6.61 Å². The molecule has 0 aliphatic carbocycles. The number of carbonyl (C=O) groups is 2. The van der Waals surface area contributed by atoms with Gasteiger partial charge in [0, 0.05) is 0 Å². The highest BCUT2D eigenvalue weighted by Gasteiger charge is 2.32. The Morgan fingerprint density at radius 1 is 1.30 bits per heavy atom. The summed E-state index contributed by atoms with van der Waals surface area (Å²) in [6.07, 6.45) is 0. The largest absolute Gasteiger partial charge is 0.484 e. The highest BCUT2D eigenvalue weighted by molar-refractivity contribution is 5.84. The number of carboxylic acid groups (broad SMARTS) is 1. The third kappa shape index (κ3) is 4.57. The number of amides is 1. The maximum Gasteiger partial charge on any atom is 0.326 e.